The van der Waals surface area contributed by atoms with E-state index < -0.39 is 0 Å². The summed E-state index contributed by atoms with van der Waals surface area (Å²) in [5.74, 6) is 0.0174. The van der Waals surface area contributed by atoms with E-state index in [-0.39, 0.29) is 11.9 Å². The van der Waals surface area contributed by atoms with Crippen molar-refractivity contribution in [2.24, 2.45) is 5.73 Å². The first-order valence-corrected chi connectivity index (χ1v) is 6.98. The lowest BCUT2D eigenvalue weighted by molar-refractivity contribution is -0.118. The van der Waals surface area contributed by atoms with Gasteiger partial charge in [-0.1, -0.05) is 25.5 Å². The molecule has 4 N–H and O–H groups in total. The van der Waals surface area contributed by atoms with Crippen molar-refractivity contribution < 1.29 is 4.79 Å². The van der Waals surface area contributed by atoms with E-state index >= 15 is 0 Å². The number of likely N-dealkylation sites (N-methyl/N-ethyl adjacent to an activating group) is 1. The minimum Gasteiger partial charge on any atom is -0.330 e. The molecule has 1 unspecified atom stereocenters. The molecule has 1 aromatic carbocycles. The zero-order valence-corrected chi connectivity index (χ0v) is 11.9. The van der Waals surface area contributed by atoms with E-state index in [9.17, 15) is 4.79 Å². The maximum Gasteiger partial charge on any atom is 0.241 e. The summed E-state index contributed by atoms with van der Waals surface area (Å²) in [6, 6.07) is 7.82. The molecule has 0 heterocycles. The largest absolute Gasteiger partial charge is 0.330 e. The lowest BCUT2D eigenvalue weighted by Crippen LogP contribution is -2.38. The van der Waals surface area contributed by atoms with Crippen LogP contribution in [0, 0.1) is 0 Å². The molecule has 0 fully saturated rings. The summed E-state index contributed by atoms with van der Waals surface area (Å²) in [6.45, 7) is 2.79. The number of nitrogens with one attached hydrogen (secondary N) is 2. The highest BCUT2D eigenvalue weighted by atomic mass is 16.2. The van der Waals surface area contributed by atoms with Crippen LogP contribution < -0.4 is 16.4 Å². The molecule has 106 valence electrons. The standard InChI is InChI=1S/C15H25N3O/c1-3-12-7-9-13(10-8-12)18-15(19)14(17-2)6-4-5-11-16/h7-10,14,17H,3-6,11,16H2,1-2H3,(H,18,19). The Balaban J connectivity index is 2.50. The third kappa shape index (κ3) is 5.41. The predicted molar refractivity (Wildman–Crippen MR) is 80.2 cm³/mol. The highest BCUT2D eigenvalue weighted by Crippen LogP contribution is 2.11. The van der Waals surface area contributed by atoms with Crippen molar-refractivity contribution >= 4 is 11.6 Å². The fraction of sp³-hybridized carbons (Fsp3) is 0.533. The van der Waals surface area contributed by atoms with Crippen LogP contribution >= 0.6 is 0 Å². The molecule has 4 heteroatoms. The van der Waals surface area contributed by atoms with Gasteiger partial charge in [-0.15, -0.1) is 0 Å². The molecule has 1 amide bonds. The number of hydrogen-bond donors (Lipinski definition) is 3. The number of aryl methyl sites for hydroxylation is 1. The van der Waals surface area contributed by atoms with Gasteiger partial charge < -0.3 is 16.4 Å². The van der Waals surface area contributed by atoms with Gasteiger partial charge in [-0.05, 0) is 50.6 Å². The highest BCUT2D eigenvalue weighted by Gasteiger charge is 2.15. The van der Waals surface area contributed by atoms with Crippen molar-refractivity contribution in [3.63, 3.8) is 0 Å². The highest BCUT2D eigenvalue weighted by molar-refractivity contribution is 5.94. The topological polar surface area (TPSA) is 67.2 Å². The molecule has 0 radical (unpaired) electrons. The summed E-state index contributed by atoms with van der Waals surface area (Å²) in [5, 5.41) is 5.99. The molecule has 1 atom stereocenters. The average Bonchev–Trinajstić information content (AvgIpc) is 2.44. The van der Waals surface area contributed by atoms with Crippen LogP contribution in [0.15, 0.2) is 24.3 Å². The lowest BCUT2D eigenvalue weighted by Gasteiger charge is -2.16. The zero-order valence-electron chi connectivity index (χ0n) is 11.9. The molecule has 1 aromatic rings. The SMILES string of the molecule is CCc1ccc(NC(=O)C(CCCCN)NC)cc1. The Hall–Kier alpha value is -1.39. The van der Waals surface area contributed by atoms with E-state index in [1.807, 2.05) is 31.3 Å². The number of rotatable bonds is 8. The second-order valence-corrected chi connectivity index (χ2v) is 4.67. The number of nitrogens with two attached hydrogens (primary N) is 1. The minimum absolute atomic E-state index is 0.0174. The average molecular weight is 263 g/mol. The molecule has 0 spiro atoms. The van der Waals surface area contributed by atoms with Crippen LogP contribution in [-0.4, -0.2) is 25.5 Å². The minimum atomic E-state index is -0.155. The van der Waals surface area contributed by atoms with Gasteiger partial charge >= 0.3 is 0 Å². The quantitative estimate of drug-likeness (QED) is 0.628. The van der Waals surface area contributed by atoms with E-state index in [4.69, 9.17) is 5.73 Å². The summed E-state index contributed by atoms with van der Waals surface area (Å²) in [6.07, 6.45) is 3.74. The Kier molecular flexibility index (Phi) is 7.15. The van der Waals surface area contributed by atoms with Gasteiger partial charge in [-0.2, -0.15) is 0 Å². The predicted octanol–water partition coefficient (Wildman–Crippen LogP) is 1.90. The Morgan fingerprint density at radius 2 is 1.95 bits per heavy atom. The number of benzene rings is 1. The normalized spacial score (nSPS) is 12.2. The van der Waals surface area contributed by atoms with E-state index in [0.29, 0.717) is 6.54 Å². The number of carbonyl (C=O) groups excluding carboxylic acids is 1. The van der Waals surface area contributed by atoms with Gasteiger partial charge in [0.15, 0.2) is 0 Å². The molecule has 0 saturated carbocycles. The van der Waals surface area contributed by atoms with Gasteiger partial charge in [0, 0.05) is 5.69 Å². The third-order valence-corrected chi connectivity index (χ3v) is 3.24. The fourth-order valence-electron chi connectivity index (χ4n) is 1.95. The molecule has 0 aromatic heterocycles. The summed E-state index contributed by atoms with van der Waals surface area (Å²) in [4.78, 5) is 12.1. The van der Waals surface area contributed by atoms with Gasteiger partial charge in [0.2, 0.25) is 5.91 Å². The second-order valence-electron chi connectivity index (χ2n) is 4.67. The van der Waals surface area contributed by atoms with E-state index in [0.717, 1.165) is 31.4 Å². The first kappa shape index (κ1) is 15.7. The maximum atomic E-state index is 12.1. The molecule has 1 rings (SSSR count). The van der Waals surface area contributed by atoms with Gasteiger partial charge in [-0.25, -0.2) is 0 Å². The Morgan fingerprint density at radius 3 is 2.47 bits per heavy atom. The summed E-state index contributed by atoms with van der Waals surface area (Å²) < 4.78 is 0. The van der Waals surface area contributed by atoms with Crippen LogP contribution in [-0.2, 0) is 11.2 Å². The monoisotopic (exact) mass is 263 g/mol. The van der Waals surface area contributed by atoms with E-state index in [1.54, 1.807) is 0 Å². The maximum absolute atomic E-state index is 12.1. The molecule has 4 nitrogen and oxygen atoms in total. The van der Waals surface area contributed by atoms with Crippen LogP contribution in [0.1, 0.15) is 31.7 Å². The van der Waals surface area contributed by atoms with Crippen molar-refractivity contribution in [2.75, 3.05) is 18.9 Å². The molecular formula is C15H25N3O. The number of hydrogen-bond acceptors (Lipinski definition) is 3. The Labute approximate surface area is 115 Å². The first-order valence-electron chi connectivity index (χ1n) is 6.98. The Bertz CT molecular complexity index is 375. The van der Waals surface area contributed by atoms with Crippen molar-refractivity contribution in [2.45, 2.75) is 38.6 Å². The molecule has 0 aliphatic rings. The van der Waals surface area contributed by atoms with Crippen molar-refractivity contribution in [3.05, 3.63) is 29.8 Å². The third-order valence-electron chi connectivity index (χ3n) is 3.24. The first-order chi connectivity index (χ1) is 9.21. The molecule has 0 saturated heterocycles. The molecule has 0 aliphatic heterocycles. The smallest absolute Gasteiger partial charge is 0.241 e. The fourth-order valence-corrected chi connectivity index (χ4v) is 1.95. The van der Waals surface area contributed by atoms with Crippen molar-refractivity contribution in [1.29, 1.82) is 0 Å². The van der Waals surface area contributed by atoms with Gasteiger partial charge in [0.05, 0.1) is 6.04 Å². The Morgan fingerprint density at radius 1 is 1.26 bits per heavy atom. The van der Waals surface area contributed by atoms with Crippen LogP contribution in [0.3, 0.4) is 0 Å². The van der Waals surface area contributed by atoms with Gasteiger partial charge in [-0.3, -0.25) is 4.79 Å². The second kappa shape index (κ2) is 8.67. The van der Waals surface area contributed by atoms with Crippen LogP contribution in [0.4, 0.5) is 5.69 Å². The summed E-state index contributed by atoms with van der Waals surface area (Å²) in [5.41, 5.74) is 7.58. The molecule has 0 aliphatic carbocycles. The number of amides is 1. The number of anilines is 1. The van der Waals surface area contributed by atoms with Crippen LogP contribution in [0.2, 0.25) is 0 Å². The van der Waals surface area contributed by atoms with Gasteiger partial charge in [0.1, 0.15) is 0 Å². The number of carbonyl (C=O) groups is 1. The zero-order chi connectivity index (χ0) is 14.1. The van der Waals surface area contributed by atoms with Gasteiger partial charge in [0.25, 0.3) is 0 Å². The van der Waals surface area contributed by atoms with E-state index in [2.05, 4.69) is 17.6 Å². The van der Waals surface area contributed by atoms with E-state index in [1.165, 1.54) is 5.56 Å². The summed E-state index contributed by atoms with van der Waals surface area (Å²) >= 11 is 0. The number of unbranched alkanes of at least 4 members (excludes halogenated alkanes) is 1. The van der Waals surface area contributed by atoms with Crippen molar-refractivity contribution in [3.8, 4) is 0 Å². The van der Waals surface area contributed by atoms with Crippen LogP contribution in [0.25, 0.3) is 0 Å². The summed E-state index contributed by atoms with van der Waals surface area (Å²) in [7, 11) is 1.81. The molecule has 19 heavy (non-hydrogen) atoms. The van der Waals surface area contributed by atoms with Crippen LogP contribution in [0.5, 0.6) is 0 Å². The molecule has 0 bridgehead atoms. The lowest BCUT2D eigenvalue weighted by atomic mass is 10.1. The molecular weight excluding hydrogens is 238 g/mol. The van der Waals surface area contributed by atoms with Crippen molar-refractivity contribution in [1.82, 2.24) is 5.32 Å².